The summed E-state index contributed by atoms with van der Waals surface area (Å²) in [5.74, 6) is 0.606. The number of hydrogen-bond acceptors (Lipinski definition) is 4. The van der Waals surface area contributed by atoms with Gasteiger partial charge in [-0.3, -0.25) is 9.59 Å². The average Bonchev–Trinajstić information content (AvgIpc) is 3.31. The molecule has 0 aliphatic heterocycles. The first-order valence-electron chi connectivity index (χ1n) is 11.2. The molecule has 1 N–H and O–H groups in total. The van der Waals surface area contributed by atoms with Gasteiger partial charge in [0, 0.05) is 17.6 Å². The zero-order valence-electron chi connectivity index (χ0n) is 19.0. The molecule has 6 nitrogen and oxygen atoms in total. The van der Waals surface area contributed by atoms with Gasteiger partial charge in [-0.2, -0.15) is 0 Å². The van der Waals surface area contributed by atoms with Gasteiger partial charge in [-0.25, -0.2) is 0 Å². The van der Waals surface area contributed by atoms with Crippen molar-refractivity contribution in [3.05, 3.63) is 58.1 Å². The van der Waals surface area contributed by atoms with E-state index in [0.29, 0.717) is 28.0 Å². The highest BCUT2D eigenvalue weighted by Gasteiger charge is 2.31. The number of rotatable bonds is 10. The van der Waals surface area contributed by atoms with Crippen LogP contribution in [0.4, 0.5) is 0 Å². The molecule has 1 saturated carbocycles. The second kappa shape index (κ2) is 12.1. The van der Waals surface area contributed by atoms with E-state index in [9.17, 15) is 9.59 Å². The van der Waals surface area contributed by atoms with E-state index in [4.69, 9.17) is 32.7 Å². The number of benzene rings is 2. The third kappa shape index (κ3) is 7.02. The lowest BCUT2D eigenvalue weighted by Gasteiger charge is -2.31. The van der Waals surface area contributed by atoms with Gasteiger partial charge in [0.15, 0.2) is 6.61 Å². The minimum atomic E-state index is -0.617. The molecule has 0 heterocycles. The number of methoxy groups -OCH3 is 1. The van der Waals surface area contributed by atoms with Crippen LogP contribution in [-0.4, -0.2) is 42.5 Å². The van der Waals surface area contributed by atoms with Gasteiger partial charge in [-0.05, 0) is 55.2 Å². The molecule has 1 atom stereocenters. The first-order chi connectivity index (χ1) is 15.9. The van der Waals surface area contributed by atoms with Crippen LogP contribution in [-0.2, 0) is 16.1 Å². The molecule has 0 aromatic heterocycles. The van der Waals surface area contributed by atoms with Crippen molar-refractivity contribution in [1.29, 1.82) is 0 Å². The first-order valence-corrected chi connectivity index (χ1v) is 12.0. The Balaban J connectivity index is 1.79. The number of carbonyl (C=O) groups excluding carboxylic acids is 2. The third-order valence-electron chi connectivity index (χ3n) is 5.82. The summed E-state index contributed by atoms with van der Waals surface area (Å²) in [6, 6.07) is 11.8. The third-order valence-corrected chi connectivity index (χ3v) is 6.35. The van der Waals surface area contributed by atoms with Crippen LogP contribution in [0.15, 0.2) is 42.5 Å². The van der Waals surface area contributed by atoms with Crippen LogP contribution in [0.1, 0.15) is 44.6 Å². The average molecular weight is 493 g/mol. The Bertz CT molecular complexity index is 963. The zero-order chi connectivity index (χ0) is 23.8. The fraction of sp³-hybridized carbons (Fsp3) is 0.440. The Morgan fingerprint density at radius 3 is 2.58 bits per heavy atom. The molecule has 1 aliphatic rings. The molecule has 2 aromatic rings. The van der Waals surface area contributed by atoms with Gasteiger partial charge in [0.2, 0.25) is 5.91 Å². The van der Waals surface area contributed by atoms with Crippen LogP contribution in [0.5, 0.6) is 11.5 Å². The molecule has 1 aliphatic carbocycles. The fourth-order valence-corrected chi connectivity index (χ4v) is 4.53. The largest absolute Gasteiger partial charge is 0.497 e. The molecule has 0 saturated heterocycles. The predicted octanol–water partition coefficient (Wildman–Crippen LogP) is 5.25. The van der Waals surface area contributed by atoms with Gasteiger partial charge >= 0.3 is 0 Å². The number of nitrogens with zero attached hydrogens (tertiary/aromatic N) is 1. The summed E-state index contributed by atoms with van der Waals surface area (Å²) in [6.45, 7) is 1.91. The van der Waals surface area contributed by atoms with Crippen molar-refractivity contribution in [3.8, 4) is 11.5 Å². The quantitative estimate of drug-likeness (QED) is 0.491. The van der Waals surface area contributed by atoms with E-state index in [1.54, 1.807) is 30.2 Å². The summed E-state index contributed by atoms with van der Waals surface area (Å²) < 4.78 is 11.0. The predicted molar refractivity (Wildman–Crippen MR) is 130 cm³/mol. The van der Waals surface area contributed by atoms with Crippen LogP contribution >= 0.6 is 23.2 Å². The molecule has 3 rings (SSSR count). The second-order valence-electron chi connectivity index (χ2n) is 8.15. The summed E-state index contributed by atoms with van der Waals surface area (Å²) in [5, 5.41) is 3.93. The molecule has 178 valence electrons. The van der Waals surface area contributed by atoms with E-state index in [0.717, 1.165) is 31.2 Å². The number of carbonyl (C=O) groups is 2. The molecule has 0 radical (unpaired) electrons. The highest BCUT2D eigenvalue weighted by molar-refractivity contribution is 6.35. The molecule has 1 fully saturated rings. The van der Waals surface area contributed by atoms with E-state index in [1.807, 2.05) is 31.2 Å². The number of hydrogen-bond donors (Lipinski definition) is 1. The first kappa shape index (κ1) is 25.2. The molecule has 33 heavy (non-hydrogen) atoms. The molecule has 8 heteroatoms. The number of nitrogens with one attached hydrogen (secondary N) is 1. The number of halogens is 2. The normalized spacial score (nSPS) is 14.5. The van der Waals surface area contributed by atoms with Gasteiger partial charge in [-0.1, -0.05) is 55.1 Å². The van der Waals surface area contributed by atoms with E-state index >= 15 is 0 Å². The van der Waals surface area contributed by atoms with Gasteiger partial charge in [0.25, 0.3) is 5.91 Å². The van der Waals surface area contributed by atoms with E-state index in [-0.39, 0.29) is 31.0 Å². The fourth-order valence-electron chi connectivity index (χ4n) is 4.07. The molecular weight excluding hydrogens is 463 g/mol. The second-order valence-corrected chi connectivity index (χ2v) is 8.99. The van der Waals surface area contributed by atoms with E-state index in [1.165, 1.54) is 0 Å². The maximum absolute atomic E-state index is 13.3. The Morgan fingerprint density at radius 1 is 1.15 bits per heavy atom. The van der Waals surface area contributed by atoms with Crippen molar-refractivity contribution in [3.63, 3.8) is 0 Å². The molecule has 0 bridgehead atoms. The summed E-state index contributed by atoms with van der Waals surface area (Å²) in [5.41, 5.74) is 0.861. The van der Waals surface area contributed by atoms with Crippen molar-refractivity contribution >= 4 is 35.0 Å². The Hall–Kier alpha value is -2.44. The van der Waals surface area contributed by atoms with Gasteiger partial charge in [-0.15, -0.1) is 0 Å². The Kier molecular flexibility index (Phi) is 9.27. The lowest BCUT2D eigenvalue weighted by Crippen LogP contribution is -2.52. The molecule has 0 unspecified atom stereocenters. The smallest absolute Gasteiger partial charge is 0.261 e. The zero-order valence-corrected chi connectivity index (χ0v) is 20.5. The number of ether oxygens (including phenoxy) is 2. The van der Waals surface area contributed by atoms with Crippen molar-refractivity contribution < 1.29 is 19.1 Å². The minimum Gasteiger partial charge on any atom is -0.497 e. The van der Waals surface area contributed by atoms with Crippen LogP contribution in [0.25, 0.3) is 0 Å². The van der Waals surface area contributed by atoms with Gasteiger partial charge in [0.05, 0.1) is 12.1 Å². The standard InChI is InChI=1S/C25H30Cl2N2O4/c1-3-22(25(31)28-19-8-4-5-9-19)29(15-17-7-6-10-20(13-17)32-2)24(30)16-33-23-12-11-18(26)14-21(23)27/h6-7,10-14,19,22H,3-5,8-9,15-16H2,1-2H3,(H,28,31)/t22-/m0/s1. The van der Waals surface area contributed by atoms with Crippen LogP contribution in [0, 0.1) is 0 Å². The highest BCUT2D eigenvalue weighted by Crippen LogP contribution is 2.28. The highest BCUT2D eigenvalue weighted by atomic mass is 35.5. The minimum absolute atomic E-state index is 0.134. The van der Waals surface area contributed by atoms with Crippen molar-refractivity contribution in [1.82, 2.24) is 10.2 Å². The Labute approximate surface area is 205 Å². The van der Waals surface area contributed by atoms with Crippen LogP contribution in [0.2, 0.25) is 10.0 Å². The van der Waals surface area contributed by atoms with Gasteiger partial charge < -0.3 is 19.7 Å². The van der Waals surface area contributed by atoms with Crippen molar-refractivity contribution in [2.45, 2.75) is 57.7 Å². The van der Waals surface area contributed by atoms with Crippen molar-refractivity contribution in [2.24, 2.45) is 0 Å². The lowest BCUT2D eigenvalue weighted by atomic mass is 10.1. The molecule has 2 aromatic carbocycles. The maximum atomic E-state index is 13.3. The Morgan fingerprint density at radius 2 is 1.91 bits per heavy atom. The topological polar surface area (TPSA) is 67.9 Å². The van der Waals surface area contributed by atoms with Crippen LogP contribution in [0.3, 0.4) is 0 Å². The van der Waals surface area contributed by atoms with Crippen molar-refractivity contribution in [2.75, 3.05) is 13.7 Å². The van der Waals surface area contributed by atoms with E-state index in [2.05, 4.69) is 5.32 Å². The van der Waals surface area contributed by atoms with Gasteiger partial charge in [0.1, 0.15) is 17.5 Å². The van der Waals surface area contributed by atoms with Crippen LogP contribution < -0.4 is 14.8 Å². The molecule has 2 amide bonds. The molecule has 0 spiro atoms. The monoisotopic (exact) mass is 492 g/mol. The molecular formula is C25H30Cl2N2O4. The number of amides is 2. The summed E-state index contributed by atoms with van der Waals surface area (Å²) in [4.78, 5) is 28.0. The summed E-state index contributed by atoms with van der Waals surface area (Å²) in [6.07, 6.45) is 4.66. The summed E-state index contributed by atoms with van der Waals surface area (Å²) >= 11 is 12.1. The summed E-state index contributed by atoms with van der Waals surface area (Å²) in [7, 11) is 1.59. The maximum Gasteiger partial charge on any atom is 0.261 e. The van der Waals surface area contributed by atoms with E-state index < -0.39 is 6.04 Å². The lowest BCUT2D eigenvalue weighted by molar-refractivity contribution is -0.143. The SMILES string of the molecule is CC[C@@H](C(=O)NC1CCCC1)N(Cc1cccc(OC)c1)C(=O)COc1ccc(Cl)cc1Cl.